The zero-order valence-electron chi connectivity index (χ0n) is 16.5. The molecular weight excluding hydrogens is 366 g/mol. The number of carboxylic acid groups (broad SMARTS) is 1. The van der Waals surface area contributed by atoms with Crippen LogP contribution in [0, 0.1) is 17.8 Å². The number of aliphatic carboxylic acids is 1. The molecule has 1 saturated heterocycles. The second-order valence-corrected chi connectivity index (χ2v) is 8.67. The number of carboxylic acids is 1. The van der Waals surface area contributed by atoms with Crippen molar-refractivity contribution in [1.82, 2.24) is 4.90 Å². The quantitative estimate of drug-likeness (QED) is 0.865. The van der Waals surface area contributed by atoms with E-state index in [2.05, 4.69) is 12.1 Å². The van der Waals surface area contributed by atoms with Crippen molar-refractivity contribution in [2.45, 2.75) is 38.3 Å². The maximum absolute atomic E-state index is 12.7. The van der Waals surface area contributed by atoms with Crippen molar-refractivity contribution in [3.05, 3.63) is 65.2 Å². The molecule has 2 aliphatic heterocycles. The van der Waals surface area contributed by atoms with Crippen LogP contribution in [0.25, 0.3) is 0 Å². The Morgan fingerprint density at radius 3 is 2.79 bits per heavy atom. The van der Waals surface area contributed by atoms with Gasteiger partial charge in [-0.15, -0.1) is 0 Å². The van der Waals surface area contributed by atoms with E-state index in [1.54, 1.807) is 0 Å². The van der Waals surface area contributed by atoms with E-state index in [0.29, 0.717) is 19.6 Å². The van der Waals surface area contributed by atoms with Crippen LogP contribution in [-0.2, 0) is 28.2 Å². The molecule has 1 amide bonds. The van der Waals surface area contributed by atoms with Crippen LogP contribution < -0.4 is 4.74 Å². The average Bonchev–Trinajstić information content (AvgIpc) is 3.14. The van der Waals surface area contributed by atoms with Crippen molar-refractivity contribution in [3.8, 4) is 5.75 Å². The van der Waals surface area contributed by atoms with Crippen LogP contribution in [0.1, 0.15) is 36.5 Å². The molecule has 2 aromatic rings. The average molecular weight is 391 g/mol. The van der Waals surface area contributed by atoms with E-state index in [4.69, 9.17) is 4.74 Å². The Morgan fingerprint density at radius 2 is 2.03 bits per heavy atom. The van der Waals surface area contributed by atoms with Crippen LogP contribution >= 0.6 is 0 Å². The molecule has 1 spiro atoms. The highest BCUT2D eigenvalue weighted by Gasteiger charge is 2.65. The van der Waals surface area contributed by atoms with E-state index >= 15 is 0 Å². The van der Waals surface area contributed by atoms with Gasteiger partial charge in [-0.1, -0.05) is 43.3 Å². The summed E-state index contributed by atoms with van der Waals surface area (Å²) in [6.45, 7) is 3.18. The highest BCUT2D eigenvalue weighted by Crippen LogP contribution is 2.60. The first kappa shape index (κ1) is 18.2. The molecule has 2 fully saturated rings. The zero-order valence-corrected chi connectivity index (χ0v) is 16.5. The molecule has 1 N–H and O–H groups in total. The molecule has 3 aliphatic rings. The van der Waals surface area contributed by atoms with Crippen LogP contribution in [0.4, 0.5) is 0 Å². The van der Waals surface area contributed by atoms with Crippen LogP contribution in [-0.4, -0.2) is 28.4 Å². The van der Waals surface area contributed by atoms with Crippen molar-refractivity contribution in [2.24, 2.45) is 17.8 Å². The van der Waals surface area contributed by atoms with Gasteiger partial charge >= 0.3 is 5.97 Å². The normalized spacial score (nSPS) is 29.9. The molecule has 0 bridgehead atoms. The molecule has 5 nitrogen and oxygen atoms in total. The third kappa shape index (κ3) is 2.67. The van der Waals surface area contributed by atoms with E-state index in [-0.39, 0.29) is 17.7 Å². The Hall–Kier alpha value is -2.82. The molecule has 0 radical (unpaired) electrons. The number of fused-ring (bicyclic) bond motifs is 1. The Morgan fingerprint density at radius 1 is 1.24 bits per heavy atom. The summed E-state index contributed by atoms with van der Waals surface area (Å²) in [5, 5.41) is 9.82. The van der Waals surface area contributed by atoms with Crippen molar-refractivity contribution >= 4 is 11.9 Å². The number of rotatable bonds is 4. The summed E-state index contributed by atoms with van der Waals surface area (Å²) >= 11 is 0. The molecule has 150 valence electrons. The fraction of sp³-hybridized carbons (Fsp3) is 0.417. The van der Waals surface area contributed by atoms with Gasteiger partial charge in [-0.2, -0.15) is 0 Å². The fourth-order valence-electron chi connectivity index (χ4n) is 6.05. The van der Waals surface area contributed by atoms with Crippen LogP contribution in [0.5, 0.6) is 5.75 Å². The topological polar surface area (TPSA) is 66.8 Å². The van der Waals surface area contributed by atoms with Crippen molar-refractivity contribution in [2.75, 3.05) is 6.54 Å². The Balaban J connectivity index is 1.49. The maximum Gasteiger partial charge on any atom is 0.307 e. The fourth-order valence-corrected chi connectivity index (χ4v) is 6.05. The number of benzene rings is 2. The van der Waals surface area contributed by atoms with Crippen LogP contribution in [0.2, 0.25) is 0 Å². The Labute approximate surface area is 170 Å². The first-order valence-corrected chi connectivity index (χ1v) is 10.3. The van der Waals surface area contributed by atoms with Gasteiger partial charge in [0.05, 0.1) is 11.5 Å². The lowest BCUT2D eigenvalue weighted by atomic mass is 9.74. The molecule has 0 aromatic heterocycles. The summed E-state index contributed by atoms with van der Waals surface area (Å²) in [5.41, 5.74) is 2.96. The predicted octanol–water partition coefficient (Wildman–Crippen LogP) is 3.61. The molecule has 5 heteroatoms. The standard InChI is InChI=1S/C24H25NO4/c1-15-13-24-19-8-7-18(29-14-16-5-3-2-4-6-16)11-17(19)9-10-25(24)21(26)12-20(24)22(15)23(27)28/h2-8,11,15,20,22H,9-10,12-14H2,1H3,(H,27,28)/t15-,20-,22+,24?/m0/s1. The minimum absolute atomic E-state index is 0.0491. The highest BCUT2D eigenvalue weighted by atomic mass is 16.5. The van der Waals surface area contributed by atoms with Crippen molar-refractivity contribution < 1.29 is 19.4 Å². The first-order valence-electron chi connectivity index (χ1n) is 10.3. The van der Waals surface area contributed by atoms with E-state index in [1.807, 2.05) is 48.2 Å². The lowest BCUT2D eigenvalue weighted by molar-refractivity contribution is -0.144. The lowest BCUT2D eigenvalue weighted by Gasteiger charge is -2.44. The van der Waals surface area contributed by atoms with E-state index in [9.17, 15) is 14.7 Å². The molecule has 4 atom stereocenters. The zero-order chi connectivity index (χ0) is 20.2. The molecule has 5 rings (SSSR count). The van der Waals surface area contributed by atoms with Crippen LogP contribution in [0.3, 0.4) is 0 Å². The predicted molar refractivity (Wildman–Crippen MR) is 107 cm³/mol. The number of carbonyl (C=O) groups excluding carboxylic acids is 1. The lowest BCUT2D eigenvalue weighted by Crippen LogP contribution is -2.49. The SMILES string of the molecule is C[C@H]1CC23c4ccc(OCc5ccccc5)cc4CCN2C(=O)C[C@H]3[C@@H]1C(=O)O. The van der Waals surface area contributed by atoms with Crippen LogP contribution in [0.15, 0.2) is 48.5 Å². The number of hydrogen-bond acceptors (Lipinski definition) is 3. The number of nitrogens with zero attached hydrogens (tertiary/aromatic N) is 1. The van der Waals surface area contributed by atoms with Gasteiger partial charge in [-0.05, 0) is 47.6 Å². The smallest absolute Gasteiger partial charge is 0.307 e. The number of amides is 1. The number of hydrogen-bond donors (Lipinski definition) is 1. The van der Waals surface area contributed by atoms with E-state index in [1.165, 1.54) is 5.56 Å². The molecule has 29 heavy (non-hydrogen) atoms. The Kier molecular flexibility index (Phi) is 4.16. The first-order chi connectivity index (χ1) is 14.0. The molecular formula is C24H25NO4. The van der Waals surface area contributed by atoms with E-state index in [0.717, 1.165) is 29.7 Å². The largest absolute Gasteiger partial charge is 0.489 e. The summed E-state index contributed by atoms with van der Waals surface area (Å²) in [6, 6.07) is 16.2. The van der Waals surface area contributed by atoms with E-state index < -0.39 is 17.4 Å². The van der Waals surface area contributed by atoms with Gasteiger partial charge in [0.1, 0.15) is 12.4 Å². The summed E-state index contributed by atoms with van der Waals surface area (Å²) in [4.78, 5) is 26.7. The number of carbonyl (C=O) groups is 2. The van der Waals surface area contributed by atoms with Gasteiger partial charge in [0, 0.05) is 18.9 Å². The monoisotopic (exact) mass is 391 g/mol. The minimum Gasteiger partial charge on any atom is -0.489 e. The van der Waals surface area contributed by atoms with Crippen molar-refractivity contribution in [1.29, 1.82) is 0 Å². The van der Waals surface area contributed by atoms with Gasteiger partial charge < -0.3 is 14.7 Å². The second kappa shape index (κ2) is 6.61. The van der Waals surface area contributed by atoms with Gasteiger partial charge in [0.15, 0.2) is 0 Å². The summed E-state index contributed by atoms with van der Waals surface area (Å²) < 4.78 is 6.01. The summed E-state index contributed by atoms with van der Waals surface area (Å²) in [7, 11) is 0. The van der Waals surface area contributed by atoms with Gasteiger partial charge in [0.25, 0.3) is 0 Å². The second-order valence-electron chi connectivity index (χ2n) is 8.67. The van der Waals surface area contributed by atoms with Gasteiger partial charge in [-0.3, -0.25) is 9.59 Å². The molecule has 1 saturated carbocycles. The van der Waals surface area contributed by atoms with Gasteiger partial charge in [-0.25, -0.2) is 0 Å². The third-order valence-corrected chi connectivity index (χ3v) is 7.15. The molecule has 2 aromatic carbocycles. The molecule has 1 aliphatic carbocycles. The molecule has 2 heterocycles. The third-order valence-electron chi connectivity index (χ3n) is 7.15. The van der Waals surface area contributed by atoms with Gasteiger partial charge in [0.2, 0.25) is 5.91 Å². The Bertz CT molecular complexity index is 972. The maximum atomic E-state index is 12.7. The number of ether oxygens (including phenoxy) is 1. The van der Waals surface area contributed by atoms with Crippen molar-refractivity contribution in [3.63, 3.8) is 0 Å². The molecule has 1 unspecified atom stereocenters. The minimum atomic E-state index is -0.774. The highest BCUT2D eigenvalue weighted by molar-refractivity contribution is 5.84. The summed E-state index contributed by atoms with van der Waals surface area (Å²) in [6.07, 6.45) is 1.84. The summed E-state index contributed by atoms with van der Waals surface area (Å²) in [5.74, 6) is -0.430.